The summed E-state index contributed by atoms with van der Waals surface area (Å²) in [7, 11) is 0. The van der Waals surface area contributed by atoms with E-state index in [4.69, 9.17) is 16.3 Å². The molecule has 80 valence electrons. The first kappa shape index (κ1) is 13.2. The third-order valence-corrected chi connectivity index (χ3v) is 2.24. The van der Waals surface area contributed by atoms with Gasteiger partial charge in [-0.2, -0.15) is 0 Å². The van der Waals surface area contributed by atoms with Gasteiger partial charge in [-0.15, -0.1) is 11.6 Å². The average Bonchev–Trinajstić information content (AvgIpc) is 1.97. The number of halogens is 1. The van der Waals surface area contributed by atoms with Crippen molar-refractivity contribution in [2.24, 2.45) is 0 Å². The van der Waals surface area contributed by atoms with Gasteiger partial charge in [-0.1, -0.05) is 0 Å². The van der Waals surface area contributed by atoms with Crippen LogP contribution in [0.2, 0.25) is 0 Å². The Morgan fingerprint density at radius 3 is 2.08 bits per heavy atom. The van der Waals surface area contributed by atoms with E-state index in [1.807, 2.05) is 0 Å². The molecule has 0 aliphatic heterocycles. The van der Waals surface area contributed by atoms with Crippen LogP contribution in [0.1, 0.15) is 34.6 Å². The second kappa shape index (κ2) is 5.18. The van der Waals surface area contributed by atoms with Gasteiger partial charge in [0.15, 0.2) is 0 Å². The second-order valence-corrected chi connectivity index (χ2v) is 5.17. The van der Waals surface area contributed by atoms with Gasteiger partial charge < -0.3 is 10.1 Å². The molecule has 0 saturated carbocycles. The van der Waals surface area contributed by atoms with Crippen LogP contribution < -0.4 is 5.32 Å². The molecule has 0 rings (SSSR count). The molecule has 3 heteroatoms. The molecule has 0 unspecified atom stereocenters. The van der Waals surface area contributed by atoms with Crippen molar-refractivity contribution in [1.29, 1.82) is 0 Å². The van der Waals surface area contributed by atoms with Crippen LogP contribution in [0.4, 0.5) is 0 Å². The molecule has 0 fully saturated rings. The minimum Gasteiger partial charge on any atom is -0.375 e. The molecule has 0 aromatic heterocycles. The highest BCUT2D eigenvalue weighted by Gasteiger charge is 2.15. The second-order valence-electron chi connectivity index (χ2n) is 4.91. The summed E-state index contributed by atoms with van der Waals surface area (Å²) in [5, 5.41) is 3.32. The number of hydrogen-bond donors (Lipinski definition) is 1. The molecule has 0 spiro atoms. The lowest BCUT2D eigenvalue weighted by atomic mass is 10.1. The summed E-state index contributed by atoms with van der Waals surface area (Å²) in [6, 6.07) is 0. The van der Waals surface area contributed by atoms with Crippen molar-refractivity contribution in [3.8, 4) is 0 Å². The zero-order valence-electron chi connectivity index (χ0n) is 9.41. The zero-order valence-corrected chi connectivity index (χ0v) is 10.2. The minimum absolute atomic E-state index is 0.00278. The van der Waals surface area contributed by atoms with E-state index < -0.39 is 0 Å². The summed E-state index contributed by atoms with van der Waals surface area (Å²) in [4.78, 5) is 0. The Labute approximate surface area is 87.0 Å². The SMILES string of the molecule is CC(C)(CCl)NCCOC(C)(C)C. The Hall–Kier alpha value is 0.210. The highest BCUT2D eigenvalue weighted by atomic mass is 35.5. The van der Waals surface area contributed by atoms with Crippen molar-refractivity contribution in [2.75, 3.05) is 19.0 Å². The van der Waals surface area contributed by atoms with Crippen molar-refractivity contribution in [1.82, 2.24) is 5.32 Å². The van der Waals surface area contributed by atoms with Gasteiger partial charge in [0.05, 0.1) is 12.2 Å². The zero-order chi connectivity index (χ0) is 10.5. The van der Waals surface area contributed by atoms with Gasteiger partial charge in [-0.3, -0.25) is 0 Å². The maximum atomic E-state index is 5.76. The fourth-order valence-electron chi connectivity index (χ4n) is 0.794. The first-order valence-corrected chi connectivity index (χ1v) is 5.25. The number of ether oxygens (including phenoxy) is 1. The van der Waals surface area contributed by atoms with Gasteiger partial charge in [0.1, 0.15) is 0 Å². The number of hydrogen-bond acceptors (Lipinski definition) is 2. The summed E-state index contributed by atoms with van der Waals surface area (Å²) < 4.78 is 5.56. The van der Waals surface area contributed by atoms with Crippen molar-refractivity contribution >= 4 is 11.6 Å². The standard InChI is InChI=1S/C10H22ClNO/c1-9(2,3)13-7-6-12-10(4,5)8-11/h12H,6-8H2,1-5H3. The van der Waals surface area contributed by atoms with Gasteiger partial charge in [-0.05, 0) is 34.6 Å². The molecule has 0 aliphatic rings. The van der Waals surface area contributed by atoms with E-state index in [2.05, 4.69) is 39.9 Å². The summed E-state index contributed by atoms with van der Waals surface area (Å²) in [5.74, 6) is 0.614. The van der Waals surface area contributed by atoms with E-state index in [0.29, 0.717) is 5.88 Å². The Morgan fingerprint density at radius 2 is 1.69 bits per heavy atom. The monoisotopic (exact) mass is 207 g/mol. The molecule has 0 radical (unpaired) electrons. The van der Waals surface area contributed by atoms with Gasteiger partial charge in [0, 0.05) is 18.0 Å². The molecule has 0 heterocycles. The molecule has 1 N–H and O–H groups in total. The summed E-state index contributed by atoms with van der Waals surface area (Å²) >= 11 is 5.76. The first-order valence-electron chi connectivity index (χ1n) is 4.72. The lowest BCUT2D eigenvalue weighted by molar-refractivity contribution is -0.00250. The Balaban J connectivity index is 3.47. The van der Waals surface area contributed by atoms with Crippen LogP contribution in [0.15, 0.2) is 0 Å². The molecule has 0 saturated heterocycles. The minimum atomic E-state index is -0.0488. The predicted octanol–water partition coefficient (Wildman–Crippen LogP) is 2.41. The number of rotatable bonds is 5. The molecule has 13 heavy (non-hydrogen) atoms. The largest absolute Gasteiger partial charge is 0.375 e. The molecule has 0 aromatic rings. The Kier molecular flexibility index (Phi) is 5.26. The Morgan fingerprint density at radius 1 is 1.15 bits per heavy atom. The molecule has 2 nitrogen and oxygen atoms in total. The summed E-state index contributed by atoms with van der Waals surface area (Å²) in [6.07, 6.45) is 0. The van der Waals surface area contributed by atoms with Gasteiger partial charge >= 0.3 is 0 Å². The van der Waals surface area contributed by atoms with Crippen LogP contribution in [0, 0.1) is 0 Å². The fraction of sp³-hybridized carbons (Fsp3) is 1.00. The molecule has 0 aromatic carbocycles. The maximum Gasteiger partial charge on any atom is 0.0599 e. The normalized spacial score (nSPS) is 13.4. The van der Waals surface area contributed by atoms with E-state index >= 15 is 0 Å². The van der Waals surface area contributed by atoms with Crippen molar-refractivity contribution in [3.05, 3.63) is 0 Å². The molecule has 0 bridgehead atoms. The number of alkyl halides is 1. The van der Waals surface area contributed by atoms with E-state index in [1.165, 1.54) is 0 Å². The van der Waals surface area contributed by atoms with Crippen LogP contribution in [-0.2, 0) is 4.74 Å². The summed E-state index contributed by atoms with van der Waals surface area (Å²) in [6.45, 7) is 11.9. The van der Waals surface area contributed by atoms with Crippen molar-refractivity contribution in [2.45, 2.75) is 45.8 Å². The van der Waals surface area contributed by atoms with Crippen LogP contribution >= 0.6 is 11.6 Å². The van der Waals surface area contributed by atoms with Crippen molar-refractivity contribution in [3.63, 3.8) is 0 Å². The molecule has 0 atom stereocenters. The topological polar surface area (TPSA) is 21.3 Å². The third-order valence-electron chi connectivity index (χ3n) is 1.57. The molecular weight excluding hydrogens is 186 g/mol. The van der Waals surface area contributed by atoms with Crippen LogP contribution in [-0.4, -0.2) is 30.2 Å². The van der Waals surface area contributed by atoms with E-state index in [0.717, 1.165) is 13.2 Å². The molecular formula is C10H22ClNO. The molecule has 0 aliphatic carbocycles. The molecule has 0 amide bonds. The lowest BCUT2D eigenvalue weighted by Gasteiger charge is -2.25. The Bertz CT molecular complexity index is 140. The van der Waals surface area contributed by atoms with E-state index in [1.54, 1.807) is 0 Å². The average molecular weight is 208 g/mol. The van der Waals surface area contributed by atoms with E-state index in [9.17, 15) is 0 Å². The van der Waals surface area contributed by atoms with Gasteiger partial charge in [0.2, 0.25) is 0 Å². The van der Waals surface area contributed by atoms with Crippen molar-refractivity contribution < 1.29 is 4.74 Å². The third kappa shape index (κ3) is 8.54. The first-order chi connectivity index (χ1) is 5.77. The smallest absolute Gasteiger partial charge is 0.0599 e. The van der Waals surface area contributed by atoms with Crippen LogP contribution in [0.3, 0.4) is 0 Å². The summed E-state index contributed by atoms with van der Waals surface area (Å²) in [5.41, 5.74) is -0.0460. The van der Waals surface area contributed by atoms with Gasteiger partial charge in [0.25, 0.3) is 0 Å². The predicted molar refractivity (Wildman–Crippen MR) is 58.5 cm³/mol. The van der Waals surface area contributed by atoms with E-state index in [-0.39, 0.29) is 11.1 Å². The quantitative estimate of drug-likeness (QED) is 0.552. The van der Waals surface area contributed by atoms with Gasteiger partial charge in [-0.25, -0.2) is 0 Å². The van der Waals surface area contributed by atoms with Crippen LogP contribution in [0.25, 0.3) is 0 Å². The highest BCUT2D eigenvalue weighted by Crippen LogP contribution is 2.07. The maximum absolute atomic E-state index is 5.76. The number of nitrogens with one attached hydrogen (secondary N) is 1. The lowest BCUT2D eigenvalue weighted by Crippen LogP contribution is -2.43. The highest BCUT2D eigenvalue weighted by molar-refractivity contribution is 6.18. The van der Waals surface area contributed by atoms with Crippen LogP contribution in [0.5, 0.6) is 0 Å². The fourth-order valence-corrected chi connectivity index (χ4v) is 0.888.